The number of carbonyl (C=O) groups is 1. The van der Waals surface area contributed by atoms with Gasteiger partial charge in [0.2, 0.25) is 0 Å². The standard InChI is InChI=1S/C22H24N4O2/c1-15(2)14-23-20-13-19(25-21(26-20)16-7-5-4-6-8-16)22(27)24-17-9-11-18(28-3)12-10-17/h4-13,15H,14H2,1-3H3,(H,24,27)(H,23,25,26). The Bertz CT molecular complexity index is 925. The van der Waals surface area contributed by atoms with Crippen LogP contribution in [-0.2, 0) is 0 Å². The molecule has 28 heavy (non-hydrogen) atoms. The summed E-state index contributed by atoms with van der Waals surface area (Å²) >= 11 is 0. The Kier molecular flexibility index (Phi) is 6.22. The predicted molar refractivity (Wildman–Crippen MR) is 112 cm³/mol. The van der Waals surface area contributed by atoms with E-state index in [-0.39, 0.29) is 5.91 Å². The van der Waals surface area contributed by atoms with Crippen molar-refractivity contribution in [3.63, 3.8) is 0 Å². The maximum atomic E-state index is 12.8. The molecule has 1 heterocycles. The second kappa shape index (κ2) is 8.99. The van der Waals surface area contributed by atoms with Gasteiger partial charge in [0.1, 0.15) is 17.3 Å². The topological polar surface area (TPSA) is 76.1 Å². The van der Waals surface area contributed by atoms with Gasteiger partial charge in [0.25, 0.3) is 5.91 Å². The van der Waals surface area contributed by atoms with Gasteiger partial charge in [0.15, 0.2) is 5.82 Å². The van der Waals surface area contributed by atoms with Crippen LogP contribution < -0.4 is 15.4 Å². The number of hydrogen-bond donors (Lipinski definition) is 2. The Balaban J connectivity index is 1.88. The molecule has 0 aliphatic heterocycles. The average molecular weight is 376 g/mol. The first kappa shape index (κ1) is 19.4. The summed E-state index contributed by atoms with van der Waals surface area (Å²) in [7, 11) is 1.60. The van der Waals surface area contributed by atoms with Crippen molar-refractivity contribution >= 4 is 17.4 Å². The van der Waals surface area contributed by atoms with E-state index in [1.54, 1.807) is 37.4 Å². The lowest BCUT2D eigenvalue weighted by atomic mass is 10.2. The molecule has 0 unspecified atom stereocenters. The van der Waals surface area contributed by atoms with E-state index in [0.717, 1.165) is 17.9 Å². The number of aromatic nitrogens is 2. The van der Waals surface area contributed by atoms with E-state index in [1.807, 2.05) is 30.3 Å². The number of nitrogens with one attached hydrogen (secondary N) is 2. The van der Waals surface area contributed by atoms with E-state index in [2.05, 4.69) is 34.4 Å². The molecule has 0 saturated heterocycles. The summed E-state index contributed by atoms with van der Waals surface area (Å²) in [6.07, 6.45) is 0. The normalized spacial score (nSPS) is 10.6. The summed E-state index contributed by atoms with van der Waals surface area (Å²) < 4.78 is 5.14. The van der Waals surface area contributed by atoms with Crippen LogP contribution >= 0.6 is 0 Å². The largest absolute Gasteiger partial charge is 0.497 e. The SMILES string of the molecule is COc1ccc(NC(=O)c2cc(NCC(C)C)nc(-c3ccccc3)n2)cc1. The van der Waals surface area contributed by atoms with Gasteiger partial charge >= 0.3 is 0 Å². The Hall–Kier alpha value is -3.41. The van der Waals surface area contributed by atoms with Crippen LogP contribution in [0.3, 0.4) is 0 Å². The van der Waals surface area contributed by atoms with Gasteiger partial charge in [-0.25, -0.2) is 9.97 Å². The van der Waals surface area contributed by atoms with E-state index in [1.165, 1.54) is 0 Å². The van der Waals surface area contributed by atoms with Gasteiger partial charge in [-0.15, -0.1) is 0 Å². The minimum atomic E-state index is -0.294. The van der Waals surface area contributed by atoms with Gasteiger partial charge in [-0.1, -0.05) is 44.2 Å². The summed E-state index contributed by atoms with van der Waals surface area (Å²) in [5.74, 6) is 2.02. The molecule has 0 aliphatic carbocycles. The number of amides is 1. The number of nitrogens with zero attached hydrogens (tertiary/aromatic N) is 2. The van der Waals surface area contributed by atoms with E-state index in [4.69, 9.17) is 4.74 Å². The molecule has 1 amide bonds. The fourth-order valence-corrected chi connectivity index (χ4v) is 2.55. The highest BCUT2D eigenvalue weighted by Crippen LogP contribution is 2.20. The fraction of sp³-hybridized carbons (Fsp3) is 0.227. The van der Waals surface area contributed by atoms with Crippen molar-refractivity contribution in [2.45, 2.75) is 13.8 Å². The molecule has 0 aliphatic rings. The second-order valence-corrected chi connectivity index (χ2v) is 6.79. The van der Waals surface area contributed by atoms with E-state index >= 15 is 0 Å². The highest BCUT2D eigenvalue weighted by atomic mass is 16.5. The number of rotatable bonds is 7. The van der Waals surface area contributed by atoms with Gasteiger partial charge in [-0.05, 0) is 30.2 Å². The highest BCUT2D eigenvalue weighted by Gasteiger charge is 2.14. The molecule has 2 aromatic carbocycles. The minimum Gasteiger partial charge on any atom is -0.497 e. The van der Waals surface area contributed by atoms with Crippen molar-refractivity contribution in [3.8, 4) is 17.1 Å². The van der Waals surface area contributed by atoms with Gasteiger partial charge in [-0.2, -0.15) is 0 Å². The van der Waals surface area contributed by atoms with Crippen LogP contribution in [0.15, 0.2) is 60.7 Å². The molecule has 0 saturated carbocycles. The first-order valence-corrected chi connectivity index (χ1v) is 9.19. The number of benzene rings is 2. The Morgan fingerprint density at radius 2 is 1.75 bits per heavy atom. The van der Waals surface area contributed by atoms with E-state index in [0.29, 0.717) is 28.9 Å². The van der Waals surface area contributed by atoms with Gasteiger partial charge in [-0.3, -0.25) is 4.79 Å². The van der Waals surface area contributed by atoms with Crippen LogP contribution in [0.1, 0.15) is 24.3 Å². The lowest BCUT2D eigenvalue weighted by molar-refractivity contribution is 0.102. The molecule has 3 rings (SSSR count). The zero-order valence-electron chi connectivity index (χ0n) is 16.3. The summed E-state index contributed by atoms with van der Waals surface area (Å²) in [6, 6.07) is 18.5. The first-order valence-electron chi connectivity index (χ1n) is 9.19. The summed E-state index contributed by atoms with van der Waals surface area (Å²) in [5, 5.41) is 6.15. The molecule has 6 nitrogen and oxygen atoms in total. The van der Waals surface area contributed by atoms with Crippen molar-refractivity contribution in [1.82, 2.24) is 9.97 Å². The van der Waals surface area contributed by atoms with Crippen LogP contribution in [0.25, 0.3) is 11.4 Å². The van der Waals surface area contributed by atoms with Crippen LogP contribution in [0, 0.1) is 5.92 Å². The van der Waals surface area contributed by atoms with Crippen molar-refractivity contribution in [2.24, 2.45) is 5.92 Å². The van der Waals surface area contributed by atoms with Gasteiger partial charge in [0.05, 0.1) is 7.11 Å². The smallest absolute Gasteiger partial charge is 0.274 e. The fourth-order valence-electron chi connectivity index (χ4n) is 2.55. The van der Waals surface area contributed by atoms with Crippen LogP contribution in [0.2, 0.25) is 0 Å². The molecule has 0 spiro atoms. The Morgan fingerprint density at radius 1 is 1.04 bits per heavy atom. The summed E-state index contributed by atoms with van der Waals surface area (Å²) in [5.41, 5.74) is 1.83. The van der Waals surface area contributed by atoms with Crippen LogP contribution in [0.5, 0.6) is 5.75 Å². The summed E-state index contributed by atoms with van der Waals surface area (Å²) in [6.45, 7) is 4.98. The van der Waals surface area contributed by atoms with E-state index < -0.39 is 0 Å². The molecule has 2 N–H and O–H groups in total. The minimum absolute atomic E-state index is 0.294. The molecule has 0 radical (unpaired) electrons. The van der Waals surface area contributed by atoms with Gasteiger partial charge < -0.3 is 15.4 Å². The van der Waals surface area contributed by atoms with Crippen molar-refractivity contribution < 1.29 is 9.53 Å². The Morgan fingerprint density at radius 3 is 2.39 bits per heavy atom. The van der Waals surface area contributed by atoms with Crippen LogP contribution in [0.4, 0.5) is 11.5 Å². The zero-order chi connectivity index (χ0) is 19.9. The molecule has 1 aromatic heterocycles. The molecular weight excluding hydrogens is 352 g/mol. The number of anilines is 2. The maximum Gasteiger partial charge on any atom is 0.274 e. The monoisotopic (exact) mass is 376 g/mol. The Labute approximate surface area is 165 Å². The summed E-state index contributed by atoms with van der Waals surface area (Å²) in [4.78, 5) is 21.8. The zero-order valence-corrected chi connectivity index (χ0v) is 16.3. The molecule has 144 valence electrons. The van der Waals surface area contributed by atoms with Crippen molar-refractivity contribution in [1.29, 1.82) is 0 Å². The molecule has 0 bridgehead atoms. The molecule has 0 atom stereocenters. The third-order valence-electron chi connectivity index (χ3n) is 4.03. The number of methoxy groups -OCH3 is 1. The third kappa shape index (κ3) is 5.07. The second-order valence-electron chi connectivity index (χ2n) is 6.79. The van der Waals surface area contributed by atoms with Crippen molar-refractivity contribution in [3.05, 3.63) is 66.4 Å². The molecule has 0 fully saturated rings. The quantitative estimate of drug-likeness (QED) is 0.636. The lowest BCUT2D eigenvalue weighted by Gasteiger charge is -2.12. The first-order chi connectivity index (χ1) is 13.5. The number of hydrogen-bond acceptors (Lipinski definition) is 5. The van der Waals surface area contributed by atoms with Gasteiger partial charge in [0, 0.05) is 23.9 Å². The van der Waals surface area contributed by atoms with Crippen LogP contribution in [-0.4, -0.2) is 29.5 Å². The highest BCUT2D eigenvalue weighted by molar-refractivity contribution is 6.03. The molecule has 6 heteroatoms. The van der Waals surface area contributed by atoms with E-state index in [9.17, 15) is 4.79 Å². The maximum absolute atomic E-state index is 12.8. The number of carbonyl (C=O) groups excluding carboxylic acids is 1. The molecule has 3 aromatic rings. The third-order valence-corrected chi connectivity index (χ3v) is 4.03. The lowest BCUT2D eigenvalue weighted by Crippen LogP contribution is -2.16. The predicted octanol–water partition coefficient (Wildman–Crippen LogP) is 4.47. The molecular formula is C22H24N4O2. The average Bonchev–Trinajstić information content (AvgIpc) is 2.73. The van der Waals surface area contributed by atoms with Crippen molar-refractivity contribution in [2.75, 3.05) is 24.3 Å². The number of ether oxygens (including phenoxy) is 1.